The summed E-state index contributed by atoms with van der Waals surface area (Å²) in [7, 11) is 0. The van der Waals surface area contributed by atoms with Crippen LogP contribution in [0.3, 0.4) is 0 Å². The Hall–Kier alpha value is -1.24. The number of carbonyl (C=O) groups excluding carboxylic acids is 1. The van der Waals surface area contributed by atoms with Gasteiger partial charge in [0.25, 0.3) is 0 Å². The van der Waals surface area contributed by atoms with E-state index in [1.807, 2.05) is 11.8 Å². The first-order valence-corrected chi connectivity index (χ1v) is 7.46. The van der Waals surface area contributed by atoms with Crippen LogP contribution in [0.15, 0.2) is 0 Å². The van der Waals surface area contributed by atoms with E-state index in [-0.39, 0.29) is 18.7 Å². The van der Waals surface area contributed by atoms with Crippen LogP contribution >= 0.6 is 11.8 Å². The van der Waals surface area contributed by atoms with Gasteiger partial charge in [-0.2, -0.15) is 11.8 Å². The highest BCUT2D eigenvalue weighted by molar-refractivity contribution is 7.99. The highest BCUT2D eigenvalue weighted by Crippen LogP contribution is 2.25. The molecule has 1 rings (SSSR count). The summed E-state index contributed by atoms with van der Waals surface area (Å²) in [5.74, 6) is -0.151. The minimum Gasteiger partial charge on any atom is -0.481 e. The summed E-state index contributed by atoms with van der Waals surface area (Å²) in [6, 6.07) is -1.11. The topological polar surface area (TPSA) is 104 Å². The summed E-state index contributed by atoms with van der Waals surface area (Å²) < 4.78 is 0. The van der Waals surface area contributed by atoms with Crippen molar-refractivity contribution in [1.82, 2.24) is 5.32 Å². The molecular formula is C12H19NO5S. The molecule has 0 radical (unpaired) electrons. The van der Waals surface area contributed by atoms with E-state index in [1.165, 1.54) is 0 Å². The molecule has 1 fully saturated rings. The first-order valence-electron chi connectivity index (χ1n) is 6.30. The Morgan fingerprint density at radius 2 is 1.84 bits per heavy atom. The van der Waals surface area contributed by atoms with E-state index in [0.717, 1.165) is 24.3 Å². The quantitative estimate of drug-likeness (QED) is 0.645. The fourth-order valence-corrected chi connectivity index (χ4v) is 3.20. The second-order valence-corrected chi connectivity index (χ2v) is 5.88. The van der Waals surface area contributed by atoms with Crippen LogP contribution in [0.4, 0.5) is 0 Å². The van der Waals surface area contributed by atoms with Crippen LogP contribution in [0, 0.1) is 5.92 Å². The number of hydrogen-bond acceptors (Lipinski definition) is 4. The van der Waals surface area contributed by atoms with Crippen molar-refractivity contribution >= 4 is 29.6 Å². The Bertz CT molecular complexity index is 341. The number of thioether (sulfide) groups is 1. The Kier molecular flexibility index (Phi) is 6.69. The van der Waals surface area contributed by atoms with E-state index in [1.54, 1.807) is 0 Å². The molecule has 0 aromatic heterocycles. The van der Waals surface area contributed by atoms with Gasteiger partial charge in [0.1, 0.15) is 6.04 Å². The highest BCUT2D eigenvalue weighted by Gasteiger charge is 2.23. The third-order valence-electron chi connectivity index (χ3n) is 3.10. The highest BCUT2D eigenvalue weighted by atomic mass is 32.2. The second-order valence-electron chi connectivity index (χ2n) is 4.65. The SMILES string of the molecule is O=C(O)CC[C@H](NC(=O)CC1CCSCC1)C(=O)O. The van der Waals surface area contributed by atoms with Crippen molar-refractivity contribution in [3.63, 3.8) is 0 Å². The molecule has 1 amide bonds. The van der Waals surface area contributed by atoms with Gasteiger partial charge in [0.15, 0.2) is 0 Å². The predicted molar refractivity (Wildman–Crippen MR) is 71.1 cm³/mol. The summed E-state index contributed by atoms with van der Waals surface area (Å²) in [5, 5.41) is 19.9. The Morgan fingerprint density at radius 3 is 2.37 bits per heavy atom. The molecule has 108 valence electrons. The lowest BCUT2D eigenvalue weighted by Gasteiger charge is -2.21. The maximum Gasteiger partial charge on any atom is 0.326 e. The number of carbonyl (C=O) groups is 3. The van der Waals surface area contributed by atoms with Crippen LogP contribution in [-0.4, -0.2) is 45.6 Å². The van der Waals surface area contributed by atoms with Crippen molar-refractivity contribution in [2.24, 2.45) is 5.92 Å². The van der Waals surface area contributed by atoms with Crippen molar-refractivity contribution in [2.45, 2.75) is 38.1 Å². The van der Waals surface area contributed by atoms with Crippen LogP contribution < -0.4 is 5.32 Å². The zero-order valence-electron chi connectivity index (χ0n) is 10.6. The zero-order valence-corrected chi connectivity index (χ0v) is 11.4. The van der Waals surface area contributed by atoms with Gasteiger partial charge in [0.2, 0.25) is 5.91 Å². The van der Waals surface area contributed by atoms with Crippen molar-refractivity contribution in [1.29, 1.82) is 0 Å². The van der Waals surface area contributed by atoms with Gasteiger partial charge in [0.05, 0.1) is 0 Å². The van der Waals surface area contributed by atoms with Gasteiger partial charge < -0.3 is 15.5 Å². The number of rotatable bonds is 7. The average molecular weight is 289 g/mol. The minimum absolute atomic E-state index is 0.0864. The van der Waals surface area contributed by atoms with E-state index < -0.39 is 18.0 Å². The first-order chi connectivity index (χ1) is 8.99. The summed E-state index contributed by atoms with van der Waals surface area (Å²) in [6.45, 7) is 0. The maximum absolute atomic E-state index is 11.7. The lowest BCUT2D eigenvalue weighted by Crippen LogP contribution is -2.41. The molecule has 0 aliphatic carbocycles. The molecule has 0 unspecified atom stereocenters. The Morgan fingerprint density at radius 1 is 1.21 bits per heavy atom. The molecular weight excluding hydrogens is 270 g/mol. The number of hydrogen-bond donors (Lipinski definition) is 3. The van der Waals surface area contributed by atoms with Crippen LogP contribution in [0.25, 0.3) is 0 Å². The normalized spacial score (nSPS) is 17.7. The summed E-state index contributed by atoms with van der Waals surface area (Å²) in [4.78, 5) is 33.1. The summed E-state index contributed by atoms with van der Waals surface area (Å²) in [6.07, 6.45) is 1.93. The molecule has 7 heteroatoms. The Labute approximate surface area is 115 Å². The van der Waals surface area contributed by atoms with Crippen LogP contribution in [0.2, 0.25) is 0 Å². The first kappa shape index (κ1) is 15.8. The lowest BCUT2D eigenvalue weighted by molar-refractivity contribution is -0.143. The van der Waals surface area contributed by atoms with Crippen molar-refractivity contribution in [2.75, 3.05) is 11.5 Å². The third-order valence-corrected chi connectivity index (χ3v) is 4.14. The molecule has 1 heterocycles. The largest absolute Gasteiger partial charge is 0.481 e. The number of carboxylic acid groups (broad SMARTS) is 2. The van der Waals surface area contributed by atoms with Crippen LogP contribution in [0.1, 0.15) is 32.1 Å². The zero-order chi connectivity index (χ0) is 14.3. The molecule has 0 aromatic carbocycles. The second kappa shape index (κ2) is 8.04. The van der Waals surface area contributed by atoms with Gasteiger partial charge in [-0.1, -0.05) is 0 Å². The van der Waals surface area contributed by atoms with Gasteiger partial charge in [-0.25, -0.2) is 4.79 Å². The number of nitrogens with one attached hydrogen (secondary N) is 1. The minimum atomic E-state index is -1.19. The fourth-order valence-electron chi connectivity index (χ4n) is 1.99. The van der Waals surface area contributed by atoms with Crippen molar-refractivity contribution in [3.05, 3.63) is 0 Å². The van der Waals surface area contributed by atoms with Gasteiger partial charge in [0, 0.05) is 12.8 Å². The van der Waals surface area contributed by atoms with Gasteiger partial charge in [-0.05, 0) is 36.7 Å². The van der Waals surface area contributed by atoms with E-state index in [0.29, 0.717) is 12.3 Å². The van der Waals surface area contributed by atoms with Gasteiger partial charge in [-0.15, -0.1) is 0 Å². The number of aliphatic carboxylic acids is 2. The third kappa shape index (κ3) is 6.47. The molecule has 1 aliphatic rings. The average Bonchev–Trinajstić information content (AvgIpc) is 2.35. The molecule has 0 bridgehead atoms. The van der Waals surface area contributed by atoms with Crippen LogP contribution in [0.5, 0.6) is 0 Å². The van der Waals surface area contributed by atoms with E-state index in [4.69, 9.17) is 10.2 Å². The molecule has 3 N–H and O–H groups in total. The van der Waals surface area contributed by atoms with Gasteiger partial charge >= 0.3 is 11.9 Å². The van der Waals surface area contributed by atoms with Crippen LogP contribution in [-0.2, 0) is 14.4 Å². The summed E-state index contributed by atoms with van der Waals surface area (Å²) >= 11 is 1.86. The predicted octanol–water partition coefficient (Wildman–Crippen LogP) is 0.954. The monoisotopic (exact) mass is 289 g/mol. The smallest absolute Gasteiger partial charge is 0.326 e. The van der Waals surface area contributed by atoms with Crippen molar-refractivity contribution < 1.29 is 24.6 Å². The molecule has 6 nitrogen and oxygen atoms in total. The van der Waals surface area contributed by atoms with Crippen molar-refractivity contribution in [3.8, 4) is 0 Å². The number of amides is 1. The fraction of sp³-hybridized carbons (Fsp3) is 0.750. The maximum atomic E-state index is 11.7. The molecule has 1 saturated heterocycles. The Balaban J connectivity index is 2.37. The molecule has 0 saturated carbocycles. The molecule has 0 spiro atoms. The van der Waals surface area contributed by atoms with Gasteiger partial charge in [-0.3, -0.25) is 9.59 Å². The van der Waals surface area contributed by atoms with E-state index in [9.17, 15) is 14.4 Å². The summed E-state index contributed by atoms with van der Waals surface area (Å²) in [5.41, 5.74) is 0. The molecule has 1 aliphatic heterocycles. The van der Waals surface area contributed by atoms with E-state index in [2.05, 4.69) is 5.32 Å². The molecule has 19 heavy (non-hydrogen) atoms. The van der Waals surface area contributed by atoms with E-state index >= 15 is 0 Å². The molecule has 1 atom stereocenters. The lowest BCUT2D eigenvalue weighted by atomic mass is 9.98. The standard InChI is InChI=1S/C12H19NO5S/c14-10(7-8-3-5-19-6-4-8)13-9(12(17)18)1-2-11(15)16/h8-9H,1-7H2,(H,13,14)(H,15,16)(H,17,18)/t9-/m0/s1. The molecule has 0 aromatic rings. The number of carboxylic acids is 2.